The third-order valence-corrected chi connectivity index (χ3v) is 6.23. The summed E-state index contributed by atoms with van der Waals surface area (Å²) in [6.07, 6.45) is 4.38. The highest BCUT2D eigenvalue weighted by Crippen LogP contribution is 2.40. The molecule has 0 spiro atoms. The van der Waals surface area contributed by atoms with Gasteiger partial charge in [0.2, 0.25) is 5.82 Å². The lowest BCUT2D eigenvalue weighted by molar-refractivity contribution is -0.222. The first-order valence-corrected chi connectivity index (χ1v) is 11.3. The van der Waals surface area contributed by atoms with E-state index in [1.807, 2.05) is 35.9 Å². The van der Waals surface area contributed by atoms with Gasteiger partial charge < -0.3 is 14.0 Å². The lowest BCUT2D eigenvalue weighted by Crippen LogP contribution is -2.49. The van der Waals surface area contributed by atoms with Crippen LogP contribution in [0, 0.1) is 6.92 Å². The van der Waals surface area contributed by atoms with Crippen molar-refractivity contribution >= 4 is 11.6 Å². The molecular formula is C24H22ClN5O3. The van der Waals surface area contributed by atoms with Gasteiger partial charge in [-0.25, -0.2) is 4.98 Å². The molecule has 4 heterocycles. The van der Waals surface area contributed by atoms with E-state index in [1.54, 1.807) is 12.3 Å². The largest absolute Gasteiger partial charge is 0.375 e. The van der Waals surface area contributed by atoms with Crippen molar-refractivity contribution in [3.05, 3.63) is 70.6 Å². The average Bonchev–Trinajstić information content (AvgIpc) is 3.35. The Morgan fingerprint density at radius 3 is 2.64 bits per heavy atom. The SMILES string of the molecule is Cc1cc(-c2nc(-c3ccc(C4(OC5CC5)COC4)cc3)no2)nn1Cc1ccc(Cl)nc1. The summed E-state index contributed by atoms with van der Waals surface area (Å²) >= 11 is 5.87. The second-order valence-corrected chi connectivity index (χ2v) is 9.01. The lowest BCUT2D eigenvalue weighted by Gasteiger charge is -2.41. The quantitative estimate of drug-likeness (QED) is 0.375. The fourth-order valence-corrected chi connectivity index (χ4v) is 4.02. The van der Waals surface area contributed by atoms with E-state index in [1.165, 1.54) is 0 Å². The van der Waals surface area contributed by atoms with E-state index in [-0.39, 0.29) is 5.60 Å². The normalized spacial score (nSPS) is 17.2. The summed E-state index contributed by atoms with van der Waals surface area (Å²) in [7, 11) is 0. The van der Waals surface area contributed by atoms with E-state index in [0.29, 0.717) is 48.4 Å². The Kier molecular flexibility index (Phi) is 5.01. The van der Waals surface area contributed by atoms with Crippen LogP contribution in [0.2, 0.25) is 5.15 Å². The maximum Gasteiger partial charge on any atom is 0.278 e. The molecule has 4 aromatic rings. The fraction of sp³-hybridized carbons (Fsp3) is 0.333. The van der Waals surface area contributed by atoms with Crippen LogP contribution in [0.15, 0.2) is 53.2 Å². The van der Waals surface area contributed by atoms with E-state index >= 15 is 0 Å². The molecule has 33 heavy (non-hydrogen) atoms. The minimum absolute atomic E-state index is 0.313. The van der Waals surface area contributed by atoms with Crippen molar-refractivity contribution in [3.8, 4) is 23.0 Å². The zero-order valence-electron chi connectivity index (χ0n) is 18.1. The number of benzene rings is 1. The Morgan fingerprint density at radius 2 is 1.97 bits per heavy atom. The van der Waals surface area contributed by atoms with Gasteiger partial charge in [-0.1, -0.05) is 47.1 Å². The van der Waals surface area contributed by atoms with Crippen molar-refractivity contribution in [2.45, 2.75) is 38.0 Å². The summed E-state index contributed by atoms with van der Waals surface area (Å²) in [5.41, 5.74) is 4.30. The molecule has 0 unspecified atom stereocenters. The number of rotatable bonds is 7. The summed E-state index contributed by atoms with van der Waals surface area (Å²) in [5, 5.41) is 9.26. The molecule has 1 saturated heterocycles. The number of halogens is 1. The molecule has 2 aliphatic rings. The van der Waals surface area contributed by atoms with Gasteiger partial charge in [0.15, 0.2) is 5.69 Å². The average molecular weight is 464 g/mol. The van der Waals surface area contributed by atoms with E-state index < -0.39 is 0 Å². The predicted octanol–water partition coefficient (Wildman–Crippen LogP) is 4.41. The molecule has 9 heteroatoms. The molecule has 1 aromatic carbocycles. The molecule has 0 radical (unpaired) electrons. The Hall–Kier alpha value is -3.07. The van der Waals surface area contributed by atoms with Crippen molar-refractivity contribution in [1.29, 1.82) is 0 Å². The lowest BCUT2D eigenvalue weighted by atomic mass is 9.91. The van der Waals surface area contributed by atoms with Crippen LogP contribution in [0.4, 0.5) is 0 Å². The molecule has 0 amide bonds. The topological polar surface area (TPSA) is 88.1 Å². The van der Waals surface area contributed by atoms with Gasteiger partial charge in [0.25, 0.3) is 5.89 Å². The highest BCUT2D eigenvalue weighted by atomic mass is 35.5. The first-order valence-electron chi connectivity index (χ1n) is 10.9. The Bertz CT molecular complexity index is 1270. The van der Waals surface area contributed by atoms with Gasteiger partial charge in [-0.15, -0.1) is 0 Å². The van der Waals surface area contributed by atoms with Gasteiger partial charge in [0.05, 0.1) is 25.9 Å². The summed E-state index contributed by atoms with van der Waals surface area (Å²) in [5.74, 6) is 0.902. The molecule has 1 aliphatic heterocycles. The van der Waals surface area contributed by atoms with Crippen LogP contribution < -0.4 is 0 Å². The van der Waals surface area contributed by atoms with Crippen molar-refractivity contribution < 1.29 is 14.0 Å². The van der Waals surface area contributed by atoms with Crippen molar-refractivity contribution in [1.82, 2.24) is 24.9 Å². The minimum Gasteiger partial charge on any atom is -0.375 e. The molecule has 168 valence electrons. The highest BCUT2D eigenvalue weighted by molar-refractivity contribution is 6.29. The van der Waals surface area contributed by atoms with E-state index in [2.05, 4.69) is 32.4 Å². The third kappa shape index (κ3) is 4.06. The van der Waals surface area contributed by atoms with Gasteiger partial charge in [-0.2, -0.15) is 10.1 Å². The van der Waals surface area contributed by atoms with E-state index in [0.717, 1.165) is 35.2 Å². The second kappa shape index (κ2) is 8.06. The molecule has 0 atom stereocenters. The van der Waals surface area contributed by atoms with Crippen LogP contribution in [0.25, 0.3) is 23.0 Å². The Balaban J connectivity index is 1.20. The summed E-state index contributed by atoms with van der Waals surface area (Å²) < 4.78 is 19.1. The molecule has 2 fully saturated rings. The molecule has 0 N–H and O–H groups in total. The highest BCUT2D eigenvalue weighted by Gasteiger charge is 2.45. The van der Waals surface area contributed by atoms with Crippen molar-refractivity contribution in [2.75, 3.05) is 13.2 Å². The molecule has 1 saturated carbocycles. The Morgan fingerprint density at radius 1 is 1.15 bits per heavy atom. The number of ether oxygens (including phenoxy) is 2. The smallest absolute Gasteiger partial charge is 0.278 e. The molecule has 6 rings (SSSR count). The second-order valence-electron chi connectivity index (χ2n) is 8.62. The maximum atomic E-state index is 6.24. The number of nitrogens with zero attached hydrogens (tertiary/aromatic N) is 5. The number of aryl methyl sites for hydroxylation is 1. The molecular weight excluding hydrogens is 442 g/mol. The molecule has 8 nitrogen and oxygen atoms in total. The van der Waals surface area contributed by atoms with Gasteiger partial charge >= 0.3 is 0 Å². The van der Waals surface area contributed by atoms with Crippen LogP contribution in [0.1, 0.15) is 29.7 Å². The van der Waals surface area contributed by atoms with Gasteiger partial charge in [-0.05, 0) is 43.0 Å². The molecule has 3 aromatic heterocycles. The molecule has 0 bridgehead atoms. The van der Waals surface area contributed by atoms with Crippen LogP contribution in [0.3, 0.4) is 0 Å². The number of hydrogen-bond donors (Lipinski definition) is 0. The first kappa shape index (κ1) is 20.5. The van der Waals surface area contributed by atoms with Gasteiger partial charge in [0.1, 0.15) is 10.8 Å². The van der Waals surface area contributed by atoms with Crippen LogP contribution in [-0.2, 0) is 21.6 Å². The first-order chi connectivity index (χ1) is 16.1. The zero-order valence-corrected chi connectivity index (χ0v) is 18.8. The number of aromatic nitrogens is 5. The standard InChI is InChI=1S/C24H22ClN5O3/c1-15-10-20(28-30(15)12-16-2-9-21(25)26-11-16)23-27-22(29-33-23)17-3-5-18(6-4-17)24(13-31-14-24)32-19-7-8-19/h2-6,9-11,19H,7-8,12-14H2,1H3. The molecule has 1 aliphatic carbocycles. The van der Waals surface area contributed by atoms with Gasteiger partial charge in [0, 0.05) is 17.5 Å². The maximum absolute atomic E-state index is 6.24. The number of pyridine rings is 1. The van der Waals surface area contributed by atoms with Crippen LogP contribution in [-0.4, -0.2) is 44.2 Å². The summed E-state index contributed by atoms with van der Waals surface area (Å²) in [6, 6.07) is 13.8. The van der Waals surface area contributed by atoms with E-state index in [9.17, 15) is 0 Å². The Labute approximate surface area is 195 Å². The zero-order chi connectivity index (χ0) is 22.4. The van der Waals surface area contributed by atoms with E-state index in [4.69, 9.17) is 25.6 Å². The monoisotopic (exact) mass is 463 g/mol. The van der Waals surface area contributed by atoms with Crippen molar-refractivity contribution in [3.63, 3.8) is 0 Å². The summed E-state index contributed by atoms with van der Waals surface area (Å²) in [4.78, 5) is 8.69. The predicted molar refractivity (Wildman–Crippen MR) is 121 cm³/mol. The van der Waals surface area contributed by atoms with Crippen molar-refractivity contribution in [2.24, 2.45) is 0 Å². The van der Waals surface area contributed by atoms with Crippen LogP contribution in [0.5, 0.6) is 0 Å². The summed E-state index contributed by atoms with van der Waals surface area (Å²) in [6.45, 7) is 3.76. The third-order valence-electron chi connectivity index (χ3n) is 6.00. The number of hydrogen-bond acceptors (Lipinski definition) is 7. The fourth-order valence-electron chi connectivity index (χ4n) is 3.91. The minimum atomic E-state index is -0.313. The van der Waals surface area contributed by atoms with Crippen LogP contribution >= 0.6 is 11.6 Å². The van der Waals surface area contributed by atoms with Gasteiger partial charge in [-0.3, -0.25) is 4.68 Å².